The van der Waals surface area contributed by atoms with Crippen LogP contribution in [0.2, 0.25) is 10.0 Å². The van der Waals surface area contributed by atoms with Gasteiger partial charge in [0.05, 0.1) is 22.2 Å². The van der Waals surface area contributed by atoms with Crippen LogP contribution in [-0.4, -0.2) is 18.4 Å². The number of hydrogen-bond donors (Lipinski definition) is 1. The second kappa shape index (κ2) is 9.15. The monoisotopic (exact) mass is 449 g/mol. The van der Waals surface area contributed by atoms with Gasteiger partial charge in [0, 0.05) is 29.3 Å². The van der Waals surface area contributed by atoms with Crippen LogP contribution in [0, 0.1) is 5.41 Å². The lowest BCUT2D eigenvalue weighted by molar-refractivity contribution is -0.139. The molecule has 0 bridgehead atoms. The molecule has 0 fully saturated rings. The molecule has 1 aromatic carbocycles. The summed E-state index contributed by atoms with van der Waals surface area (Å²) in [5.41, 5.74) is 3.34. The third-order valence-corrected chi connectivity index (χ3v) is 6.46. The molecule has 1 aliphatic carbocycles. The summed E-state index contributed by atoms with van der Waals surface area (Å²) >= 11 is 12.4. The van der Waals surface area contributed by atoms with Crippen LogP contribution in [-0.2, 0) is 14.3 Å². The molecule has 4 nitrogen and oxygen atoms in total. The van der Waals surface area contributed by atoms with Gasteiger partial charge in [-0.15, -0.1) is 0 Å². The minimum Gasteiger partial charge on any atom is -0.462 e. The van der Waals surface area contributed by atoms with E-state index in [1.807, 2.05) is 13.0 Å². The molecule has 1 atom stereocenters. The van der Waals surface area contributed by atoms with Gasteiger partial charge in [0.25, 0.3) is 0 Å². The predicted octanol–water partition coefficient (Wildman–Crippen LogP) is 6.33. The Balaban J connectivity index is 2.05. The maximum absolute atomic E-state index is 13.2. The first-order valence-electron chi connectivity index (χ1n) is 10.5. The molecule has 1 heterocycles. The molecule has 0 radical (unpaired) electrons. The number of allylic oxidation sites excluding steroid dienone is 3. The van der Waals surface area contributed by atoms with Crippen molar-refractivity contribution in [3.8, 4) is 0 Å². The number of ketones is 1. The molecular weight excluding hydrogens is 421 g/mol. The molecule has 1 unspecified atom stereocenters. The van der Waals surface area contributed by atoms with Crippen LogP contribution in [0.3, 0.4) is 0 Å². The molecule has 1 N–H and O–H groups in total. The highest BCUT2D eigenvalue weighted by atomic mass is 35.5. The van der Waals surface area contributed by atoms with Crippen LogP contribution < -0.4 is 5.32 Å². The van der Waals surface area contributed by atoms with Crippen molar-refractivity contribution in [1.82, 2.24) is 5.32 Å². The minimum atomic E-state index is -0.515. The fourth-order valence-electron chi connectivity index (χ4n) is 4.33. The van der Waals surface area contributed by atoms with Gasteiger partial charge in [-0.25, -0.2) is 4.79 Å². The SMILES string of the molecule is CCCCCOC(=O)C1=C(C)NC2=C(C(=O)CC(C)(C)C2)C1c1ccc(Cl)c(Cl)c1. The zero-order chi connectivity index (χ0) is 22.1. The van der Waals surface area contributed by atoms with Gasteiger partial charge >= 0.3 is 5.97 Å². The summed E-state index contributed by atoms with van der Waals surface area (Å²) < 4.78 is 5.59. The van der Waals surface area contributed by atoms with Crippen molar-refractivity contribution in [2.24, 2.45) is 5.41 Å². The fourth-order valence-corrected chi connectivity index (χ4v) is 4.63. The van der Waals surface area contributed by atoms with Crippen molar-refractivity contribution in [1.29, 1.82) is 0 Å². The number of rotatable bonds is 6. The van der Waals surface area contributed by atoms with Crippen LogP contribution in [0.1, 0.15) is 71.3 Å². The molecule has 0 saturated heterocycles. The maximum Gasteiger partial charge on any atom is 0.336 e. The number of halogens is 2. The number of esters is 1. The number of unbranched alkanes of at least 4 members (excludes halogenated alkanes) is 2. The van der Waals surface area contributed by atoms with Gasteiger partial charge < -0.3 is 10.1 Å². The zero-order valence-corrected chi connectivity index (χ0v) is 19.5. The maximum atomic E-state index is 13.2. The normalized spacial score (nSPS) is 20.7. The largest absolute Gasteiger partial charge is 0.462 e. The average Bonchev–Trinajstić information content (AvgIpc) is 2.65. The Kier molecular flexibility index (Phi) is 6.98. The average molecular weight is 450 g/mol. The molecule has 6 heteroatoms. The molecule has 0 saturated carbocycles. The molecule has 0 aromatic heterocycles. The van der Waals surface area contributed by atoms with Gasteiger partial charge in [-0.05, 0) is 42.9 Å². The molecule has 1 aromatic rings. The van der Waals surface area contributed by atoms with E-state index in [0.717, 1.165) is 42.6 Å². The van der Waals surface area contributed by atoms with E-state index < -0.39 is 11.9 Å². The number of dihydropyridines is 1. The highest BCUT2D eigenvalue weighted by Crippen LogP contribution is 2.47. The van der Waals surface area contributed by atoms with Crippen molar-refractivity contribution in [3.63, 3.8) is 0 Å². The second-order valence-electron chi connectivity index (χ2n) is 8.95. The van der Waals surface area contributed by atoms with E-state index >= 15 is 0 Å². The predicted molar refractivity (Wildman–Crippen MR) is 121 cm³/mol. The first-order valence-corrected chi connectivity index (χ1v) is 11.3. The lowest BCUT2D eigenvalue weighted by Gasteiger charge is -2.39. The third kappa shape index (κ3) is 4.76. The summed E-state index contributed by atoms with van der Waals surface area (Å²) in [6.07, 6.45) is 4.04. The van der Waals surface area contributed by atoms with Crippen molar-refractivity contribution in [2.45, 2.75) is 65.7 Å². The number of carbonyl (C=O) groups excluding carboxylic acids is 2. The number of carbonyl (C=O) groups is 2. The molecule has 0 spiro atoms. The zero-order valence-electron chi connectivity index (χ0n) is 18.0. The summed E-state index contributed by atoms with van der Waals surface area (Å²) in [6, 6.07) is 5.28. The van der Waals surface area contributed by atoms with E-state index in [1.54, 1.807) is 12.1 Å². The Labute approximate surface area is 188 Å². The molecule has 1 aliphatic heterocycles. The molecule has 0 amide bonds. The summed E-state index contributed by atoms with van der Waals surface area (Å²) in [5, 5.41) is 4.17. The van der Waals surface area contributed by atoms with Crippen molar-refractivity contribution in [3.05, 3.63) is 56.3 Å². The molecule has 162 valence electrons. The van der Waals surface area contributed by atoms with Crippen LogP contribution >= 0.6 is 23.2 Å². The Morgan fingerprint density at radius 3 is 2.60 bits per heavy atom. The summed E-state index contributed by atoms with van der Waals surface area (Å²) in [5.74, 6) is -0.858. The smallest absolute Gasteiger partial charge is 0.336 e. The van der Waals surface area contributed by atoms with E-state index in [-0.39, 0.29) is 11.2 Å². The number of benzene rings is 1. The van der Waals surface area contributed by atoms with E-state index in [2.05, 4.69) is 26.1 Å². The summed E-state index contributed by atoms with van der Waals surface area (Å²) in [7, 11) is 0. The van der Waals surface area contributed by atoms with E-state index in [4.69, 9.17) is 27.9 Å². The summed E-state index contributed by atoms with van der Waals surface area (Å²) in [6.45, 7) is 8.50. The van der Waals surface area contributed by atoms with Crippen LogP contribution in [0.15, 0.2) is 40.7 Å². The number of hydrogen-bond acceptors (Lipinski definition) is 4. The minimum absolute atomic E-state index is 0.0496. The van der Waals surface area contributed by atoms with Crippen LogP contribution in [0.5, 0.6) is 0 Å². The Bertz CT molecular complexity index is 930. The highest BCUT2D eigenvalue weighted by Gasteiger charge is 2.43. The molecule has 30 heavy (non-hydrogen) atoms. The Morgan fingerprint density at radius 1 is 1.20 bits per heavy atom. The van der Waals surface area contributed by atoms with Crippen molar-refractivity contribution in [2.75, 3.05) is 6.61 Å². The van der Waals surface area contributed by atoms with E-state index in [9.17, 15) is 9.59 Å². The topological polar surface area (TPSA) is 55.4 Å². The quantitative estimate of drug-likeness (QED) is 0.407. The molecule has 2 aliphatic rings. The van der Waals surface area contributed by atoms with Crippen molar-refractivity contribution < 1.29 is 14.3 Å². The standard InChI is InChI=1S/C24H29Cl2NO3/c1-5-6-7-10-30-23(29)20-14(2)27-18-12-24(3,4)13-19(28)22(18)21(20)15-8-9-16(25)17(26)11-15/h8-9,11,21,27H,5-7,10,12-13H2,1-4H3. The second-order valence-corrected chi connectivity index (χ2v) is 9.76. The lowest BCUT2D eigenvalue weighted by atomic mass is 9.68. The van der Waals surface area contributed by atoms with Crippen LogP contribution in [0.25, 0.3) is 0 Å². The fraction of sp³-hybridized carbons (Fsp3) is 0.500. The van der Waals surface area contributed by atoms with Gasteiger partial charge in [0.2, 0.25) is 0 Å². The summed E-state index contributed by atoms with van der Waals surface area (Å²) in [4.78, 5) is 26.3. The van der Waals surface area contributed by atoms with Gasteiger partial charge in [0.15, 0.2) is 5.78 Å². The van der Waals surface area contributed by atoms with Gasteiger partial charge in [-0.1, -0.05) is 62.9 Å². The molecule has 3 rings (SSSR count). The number of nitrogens with one attached hydrogen (secondary N) is 1. The lowest BCUT2D eigenvalue weighted by Crippen LogP contribution is -2.38. The van der Waals surface area contributed by atoms with Crippen molar-refractivity contribution >= 4 is 35.0 Å². The van der Waals surface area contributed by atoms with Gasteiger partial charge in [-0.2, -0.15) is 0 Å². The van der Waals surface area contributed by atoms with E-state index in [1.165, 1.54) is 0 Å². The van der Waals surface area contributed by atoms with Gasteiger partial charge in [0.1, 0.15) is 0 Å². The first kappa shape index (κ1) is 22.9. The highest BCUT2D eigenvalue weighted by molar-refractivity contribution is 6.42. The number of ether oxygens (including phenoxy) is 1. The number of Topliss-reactive ketones (excluding diaryl/α,β-unsaturated/α-hetero) is 1. The van der Waals surface area contributed by atoms with Crippen LogP contribution in [0.4, 0.5) is 0 Å². The Morgan fingerprint density at radius 2 is 1.93 bits per heavy atom. The third-order valence-electron chi connectivity index (χ3n) is 5.72. The molecular formula is C24H29Cl2NO3. The Hall–Kier alpha value is -1.78. The first-order chi connectivity index (χ1) is 14.1. The van der Waals surface area contributed by atoms with E-state index in [0.29, 0.717) is 34.2 Å². The van der Waals surface area contributed by atoms with Gasteiger partial charge in [-0.3, -0.25) is 4.79 Å².